The summed E-state index contributed by atoms with van der Waals surface area (Å²) in [7, 11) is 1.35. The highest BCUT2D eigenvalue weighted by Gasteiger charge is 2.24. The molecule has 1 atom stereocenters. The van der Waals surface area contributed by atoms with Gasteiger partial charge in [-0.1, -0.05) is 6.92 Å². The van der Waals surface area contributed by atoms with Crippen LogP contribution in [0.25, 0.3) is 0 Å². The second kappa shape index (κ2) is 9.43. The summed E-state index contributed by atoms with van der Waals surface area (Å²) in [6.07, 6.45) is 4.98. The number of aliphatic imine (C=N–C) groups is 1. The number of hydrogen-bond donors (Lipinski definition) is 1. The van der Waals surface area contributed by atoms with Crippen molar-refractivity contribution in [2.45, 2.75) is 39.0 Å². The number of ether oxygens (including phenoxy) is 1. The normalized spacial score (nSPS) is 18.2. The lowest BCUT2D eigenvalue weighted by molar-refractivity contribution is -0.0892. The Labute approximate surface area is 156 Å². The van der Waals surface area contributed by atoms with Gasteiger partial charge >= 0.3 is 5.85 Å². The molecule has 144 valence electrons. The minimum atomic E-state index is -3.28. The fourth-order valence-corrected chi connectivity index (χ4v) is 3.48. The fourth-order valence-electron chi connectivity index (χ4n) is 3.34. The lowest BCUT2D eigenvalue weighted by Gasteiger charge is -2.32. The Balaban J connectivity index is 2.03. The maximum absolute atomic E-state index is 12.8. The highest BCUT2D eigenvalue weighted by molar-refractivity contribution is 7.17. The van der Waals surface area contributed by atoms with Gasteiger partial charge in [-0.3, -0.25) is 4.99 Å². The lowest BCUT2D eigenvalue weighted by Crippen LogP contribution is -2.35. The number of nitrogens with zero attached hydrogens (tertiary/aromatic N) is 2. The summed E-state index contributed by atoms with van der Waals surface area (Å²) < 4.78 is 30.2. The zero-order valence-electron chi connectivity index (χ0n) is 15.4. The summed E-state index contributed by atoms with van der Waals surface area (Å²) in [4.78, 5) is 7.09. The van der Waals surface area contributed by atoms with Crippen molar-refractivity contribution < 1.29 is 13.5 Å². The van der Waals surface area contributed by atoms with Gasteiger partial charge in [0.15, 0.2) is 0 Å². The van der Waals surface area contributed by atoms with E-state index in [0.29, 0.717) is 11.6 Å². The van der Waals surface area contributed by atoms with E-state index in [1.165, 1.54) is 27.8 Å². The van der Waals surface area contributed by atoms with E-state index in [2.05, 4.69) is 21.6 Å². The Hall–Kier alpha value is -1.52. The topological polar surface area (TPSA) is 50.8 Å². The molecule has 0 aliphatic carbocycles. The molecule has 0 aromatic heterocycles. The Kier molecular flexibility index (Phi) is 7.54. The molecule has 1 heterocycles. The van der Waals surface area contributed by atoms with Crippen molar-refractivity contribution in [1.29, 1.82) is 0 Å². The quantitative estimate of drug-likeness (QED) is 0.555. The maximum atomic E-state index is 12.8. The summed E-state index contributed by atoms with van der Waals surface area (Å²) in [5.41, 5.74) is 8.50. The molecule has 1 aromatic rings. The van der Waals surface area contributed by atoms with E-state index in [9.17, 15) is 8.78 Å². The molecule has 0 radical (unpaired) electrons. The SMILES string of the molecule is CCCN1CCC(/C(=C/N)C(C)=Nc2ccc(OC(F)(F)P)cc2)CC1. The van der Waals surface area contributed by atoms with E-state index in [1.807, 2.05) is 6.92 Å². The Bertz CT molecular complexity index is 633. The third-order valence-electron chi connectivity index (χ3n) is 4.55. The number of allylic oxidation sites excluding steroid dienone is 1. The molecule has 1 fully saturated rings. The van der Waals surface area contributed by atoms with E-state index < -0.39 is 5.85 Å². The van der Waals surface area contributed by atoms with Crippen LogP contribution in [0.15, 0.2) is 41.0 Å². The second-order valence-electron chi connectivity index (χ2n) is 6.59. The van der Waals surface area contributed by atoms with Gasteiger partial charge in [0, 0.05) is 5.71 Å². The first-order valence-electron chi connectivity index (χ1n) is 8.98. The van der Waals surface area contributed by atoms with Crippen LogP contribution in [-0.2, 0) is 0 Å². The molecule has 4 nitrogen and oxygen atoms in total. The minimum Gasteiger partial charge on any atom is -0.430 e. The van der Waals surface area contributed by atoms with Crippen molar-refractivity contribution in [2.24, 2.45) is 16.6 Å². The van der Waals surface area contributed by atoms with Crippen molar-refractivity contribution in [3.8, 4) is 5.75 Å². The van der Waals surface area contributed by atoms with Crippen molar-refractivity contribution in [3.05, 3.63) is 36.0 Å². The van der Waals surface area contributed by atoms with Crippen LogP contribution in [0.3, 0.4) is 0 Å². The summed E-state index contributed by atoms with van der Waals surface area (Å²) in [6, 6.07) is 6.29. The molecule has 0 amide bonds. The van der Waals surface area contributed by atoms with Crippen LogP contribution in [0.2, 0.25) is 0 Å². The number of likely N-dealkylation sites (tertiary alicyclic amines) is 1. The van der Waals surface area contributed by atoms with Gasteiger partial charge in [-0.05, 0) is 97.0 Å². The number of halogens is 2. The highest BCUT2D eigenvalue weighted by atomic mass is 31.0. The van der Waals surface area contributed by atoms with Crippen molar-refractivity contribution in [2.75, 3.05) is 19.6 Å². The molecule has 1 aliphatic heterocycles. The van der Waals surface area contributed by atoms with Gasteiger partial charge in [0.25, 0.3) is 0 Å². The monoisotopic (exact) mass is 383 g/mol. The fraction of sp³-hybridized carbons (Fsp3) is 0.526. The molecule has 2 rings (SSSR count). The Morgan fingerprint density at radius 2 is 1.96 bits per heavy atom. The van der Waals surface area contributed by atoms with Gasteiger partial charge in [0.1, 0.15) is 5.75 Å². The molecule has 1 unspecified atom stereocenters. The molecular formula is C19H28F2N3OP. The Morgan fingerprint density at radius 1 is 1.35 bits per heavy atom. The molecule has 1 aromatic carbocycles. The number of alkyl halides is 2. The summed E-state index contributed by atoms with van der Waals surface area (Å²) in [6.45, 7) is 7.45. The van der Waals surface area contributed by atoms with Crippen LogP contribution in [-0.4, -0.2) is 36.1 Å². The first kappa shape index (κ1) is 20.8. The number of benzene rings is 1. The van der Waals surface area contributed by atoms with E-state index >= 15 is 0 Å². The minimum absolute atomic E-state index is 0.0967. The smallest absolute Gasteiger partial charge is 0.408 e. The van der Waals surface area contributed by atoms with E-state index in [-0.39, 0.29) is 5.75 Å². The molecular weight excluding hydrogens is 355 g/mol. The van der Waals surface area contributed by atoms with Crippen LogP contribution >= 0.6 is 9.24 Å². The molecule has 0 spiro atoms. The number of hydrogen-bond acceptors (Lipinski definition) is 4. The second-order valence-corrected chi connectivity index (χ2v) is 7.27. The first-order valence-corrected chi connectivity index (χ1v) is 9.55. The largest absolute Gasteiger partial charge is 0.430 e. The summed E-state index contributed by atoms with van der Waals surface area (Å²) in [5, 5.41) is 0. The molecule has 1 aliphatic rings. The number of nitrogens with two attached hydrogens (primary N) is 1. The zero-order valence-corrected chi connectivity index (χ0v) is 16.6. The van der Waals surface area contributed by atoms with Gasteiger partial charge < -0.3 is 15.4 Å². The van der Waals surface area contributed by atoms with E-state index in [4.69, 9.17) is 5.73 Å². The van der Waals surface area contributed by atoms with E-state index in [1.54, 1.807) is 18.3 Å². The maximum Gasteiger partial charge on any atom is 0.408 e. The third kappa shape index (κ3) is 6.33. The average Bonchev–Trinajstić information content (AvgIpc) is 2.58. The van der Waals surface area contributed by atoms with Crippen LogP contribution in [0.1, 0.15) is 33.1 Å². The lowest BCUT2D eigenvalue weighted by atomic mass is 9.87. The summed E-state index contributed by atoms with van der Waals surface area (Å²) >= 11 is 0. The third-order valence-corrected chi connectivity index (χ3v) is 4.67. The van der Waals surface area contributed by atoms with Crippen LogP contribution in [0, 0.1) is 5.92 Å². The van der Waals surface area contributed by atoms with Crippen LogP contribution in [0.5, 0.6) is 5.75 Å². The van der Waals surface area contributed by atoms with Gasteiger partial charge in [0.2, 0.25) is 0 Å². The van der Waals surface area contributed by atoms with Gasteiger partial charge in [-0.25, -0.2) is 0 Å². The predicted molar refractivity (Wildman–Crippen MR) is 106 cm³/mol. The van der Waals surface area contributed by atoms with Crippen molar-refractivity contribution >= 4 is 20.6 Å². The molecule has 7 heteroatoms. The van der Waals surface area contributed by atoms with E-state index in [0.717, 1.165) is 43.8 Å². The van der Waals surface area contributed by atoms with Crippen molar-refractivity contribution in [3.63, 3.8) is 0 Å². The molecule has 0 bridgehead atoms. The first-order chi connectivity index (χ1) is 12.3. The average molecular weight is 383 g/mol. The van der Waals surface area contributed by atoms with Crippen LogP contribution in [0.4, 0.5) is 14.5 Å². The molecule has 26 heavy (non-hydrogen) atoms. The summed E-state index contributed by atoms with van der Waals surface area (Å²) in [5.74, 6) is -2.77. The number of piperidine rings is 1. The van der Waals surface area contributed by atoms with Gasteiger partial charge in [-0.2, -0.15) is 8.78 Å². The number of rotatable bonds is 7. The van der Waals surface area contributed by atoms with Gasteiger partial charge in [0.05, 0.1) is 5.69 Å². The van der Waals surface area contributed by atoms with Crippen LogP contribution < -0.4 is 10.5 Å². The Morgan fingerprint density at radius 3 is 2.46 bits per heavy atom. The molecule has 1 saturated heterocycles. The predicted octanol–water partition coefficient (Wildman–Crippen LogP) is 4.55. The van der Waals surface area contributed by atoms with Gasteiger partial charge in [-0.15, -0.1) is 0 Å². The standard InChI is InChI=1S/C19H28F2N3OP/c1-3-10-24-11-8-15(9-12-24)18(13-22)14(2)23-16-4-6-17(7-5-16)25-19(20,21)26/h4-7,13,15H,3,8-12,22,26H2,1-2H3/b18-13+,23-14?. The zero-order chi connectivity index (χ0) is 19.2. The van der Waals surface area contributed by atoms with Crippen molar-refractivity contribution in [1.82, 2.24) is 4.90 Å². The molecule has 2 N–H and O–H groups in total. The molecule has 0 saturated carbocycles. The highest BCUT2D eigenvalue weighted by Crippen LogP contribution is 2.30.